The van der Waals surface area contributed by atoms with E-state index in [4.69, 9.17) is 4.98 Å². The molecule has 5 heterocycles. The highest BCUT2D eigenvalue weighted by atomic mass is 19.1. The Morgan fingerprint density at radius 2 is 1.97 bits per heavy atom. The van der Waals surface area contributed by atoms with E-state index >= 15 is 0 Å². The van der Waals surface area contributed by atoms with E-state index in [0.717, 1.165) is 44.1 Å². The molecule has 0 radical (unpaired) electrons. The molecule has 0 aromatic carbocycles. The van der Waals surface area contributed by atoms with Crippen LogP contribution in [0.25, 0.3) is 11.3 Å². The second-order valence-corrected chi connectivity index (χ2v) is 7.77. The van der Waals surface area contributed by atoms with Crippen molar-refractivity contribution in [2.45, 2.75) is 20.3 Å². The monoisotopic (exact) mass is 421 g/mol. The number of halogens is 1. The summed E-state index contributed by atoms with van der Waals surface area (Å²) < 4.78 is 18.0. The lowest BCUT2D eigenvalue weighted by Gasteiger charge is -2.30. The topological polar surface area (TPSA) is 79.0 Å². The van der Waals surface area contributed by atoms with E-state index < -0.39 is 5.82 Å². The predicted octanol–water partition coefficient (Wildman–Crippen LogP) is 2.65. The Bertz CT molecular complexity index is 1290. The maximum atomic E-state index is 14.4. The van der Waals surface area contributed by atoms with Crippen LogP contribution in [0.15, 0.2) is 36.8 Å². The molecular formula is C22H24FN7O. The van der Waals surface area contributed by atoms with Gasteiger partial charge in [0.05, 0.1) is 22.6 Å². The number of aryl methyl sites for hydroxylation is 2. The largest absolute Gasteiger partial charge is 0.355 e. The Balaban J connectivity index is 1.52. The van der Waals surface area contributed by atoms with Crippen LogP contribution in [-0.2, 0) is 6.42 Å². The van der Waals surface area contributed by atoms with E-state index in [1.807, 2.05) is 23.6 Å². The molecule has 9 heteroatoms. The van der Waals surface area contributed by atoms with Crippen molar-refractivity contribution in [2.24, 2.45) is 0 Å². The summed E-state index contributed by atoms with van der Waals surface area (Å²) in [4.78, 5) is 24.3. The van der Waals surface area contributed by atoms with E-state index in [2.05, 4.69) is 20.5 Å². The molecule has 0 aliphatic carbocycles. The number of fused-ring (bicyclic) bond motifs is 2. The van der Waals surface area contributed by atoms with Crippen molar-refractivity contribution in [2.75, 3.05) is 36.4 Å². The van der Waals surface area contributed by atoms with Gasteiger partial charge in [-0.1, -0.05) is 6.92 Å². The molecule has 4 aromatic rings. The lowest BCUT2D eigenvalue weighted by atomic mass is 10.2. The number of amides is 1. The zero-order chi connectivity index (χ0) is 21.5. The first-order valence-electron chi connectivity index (χ1n) is 10.5. The van der Waals surface area contributed by atoms with Gasteiger partial charge in [-0.15, -0.1) is 0 Å². The van der Waals surface area contributed by atoms with Crippen LogP contribution >= 0.6 is 0 Å². The van der Waals surface area contributed by atoms with Crippen LogP contribution < -0.4 is 15.5 Å². The molecule has 8 nitrogen and oxygen atoms in total. The van der Waals surface area contributed by atoms with E-state index in [-0.39, 0.29) is 11.6 Å². The Morgan fingerprint density at radius 1 is 1.16 bits per heavy atom. The molecule has 160 valence electrons. The quantitative estimate of drug-likeness (QED) is 0.530. The minimum absolute atomic E-state index is 0.235. The first kappa shape index (κ1) is 19.5. The van der Waals surface area contributed by atoms with E-state index in [0.29, 0.717) is 22.6 Å². The van der Waals surface area contributed by atoms with Crippen LogP contribution in [0, 0.1) is 12.7 Å². The van der Waals surface area contributed by atoms with Crippen molar-refractivity contribution in [3.05, 3.63) is 59.6 Å². The average molecular weight is 421 g/mol. The summed E-state index contributed by atoms with van der Waals surface area (Å²) in [6, 6.07) is 5.04. The van der Waals surface area contributed by atoms with Crippen LogP contribution in [0.4, 0.5) is 15.9 Å². The SMILES string of the molecule is CCc1cn2c(N3CCNCC3)ccc(C(=O)Nc3cc(F)c4nc(C)cn4c3)c2n1. The first-order valence-corrected chi connectivity index (χ1v) is 10.5. The molecule has 4 aromatic heterocycles. The molecule has 0 unspecified atom stereocenters. The number of piperazine rings is 1. The van der Waals surface area contributed by atoms with Gasteiger partial charge in [-0.25, -0.2) is 14.4 Å². The standard InChI is InChI=1S/C22H24FN7O/c1-3-15-13-30-19(28-8-6-24-7-9-28)5-4-17(20(30)26-15)22(31)27-16-10-18(23)21-25-14(2)11-29(21)12-16/h4-5,10-13,24H,3,6-9H2,1-2H3,(H,27,31). The van der Waals surface area contributed by atoms with E-state index in [9.17, 15) is 9.18 Å². The maximum absolute atomic E-state index is 14.4. The van der Waals surface area contributed by atoms with Crippen molar-refractivity contribution in [3.63, 3.8) is 0 Å². The van der Waals surface area contributed by atoms with E-state index in [1.54, 1.807) is 29.8 Å². The molecular weight excluding hydrogens is 397 g/mol. The number of pyridine rings is 2. The Morgan fingerprint density at radius 3 is 2.74 bits per heavy atom. The third kappa shape index (κ3) is 3.50. The molecule has 0 saturated carbocycles. The summed E-state index contributed by atoms with van der Waals surface area (Å²) in [7, 11) is 0. The van der Waals surface area contributed by atoms with Crippen LogP contribution in [0.2, 0.25) is 0 Å². The molecule has 31 heavy (non-hydrogen) atoms. The average Bonchev–Trinajstić information content (AvgIpc) is 3.37. The van der Waals surface area contributed by atoms with Gasteiger partial charge in [0.15, 0.2) is 17.1 Å². The van der Waals surface area contributed by atoms with Gasteiger partial charge in [0.25, 0.3) is 5.91 Å². The number of nitrogens with zero attached hydrogens (tertiary/aromatic N) is 5. The number of aromatic nitrogens is 4. The van der Waals surface area contributed by atoms with Gasteiger partial charge in [0.1, 0.15) is 5.82 Å². The van der Waals surface area contributed by atoms with Crippen molar-refractivity contribution in [1.82, 2.24) is 24.1 Å². The lowest BCUT2D eigenvalue weighted by Crippen LogP contribution is -2.44. The smallest absolute Gasteiger partial charge is 0.259 e. The highest BCUT2D eigenvalue weighted by Gasteiger charge is 2.20. The Kier molecular flexibility index (Phi) is 4.82. The minimum atomic E-state index is -0.487. The number of hydrogen-bond donors (Lipinski definition) is 2. The third-order valence-electron chi connectivity index (χ3n) is 5.58. The van der Waals surface area contributed by atoms with Gasteiger partial charge in [0.2, 0.25) is 0 Å². The Hall–Kier alpha value is -3.46. The third-order valence-corrected chi connectivity index (χ3v) is 5.58. The number of rotatable bonds is 4. The second kappa shape index (κ2) is 7.66. The molecule has 1 aliphatic rings. The molecule has 0 spiro atoms. The number of imidazole rings is 2. The van der Waals surface area contributed by atoms with Gasteiger partial charge in [0, 0.05) is 50.8 Å². The summed E-state index contributed by atoms with van der Waals surface area (Å²) in [6.07, 6.45) is 6.14. The van der Waals surface area contributed by atoms with Crippen molar-refractivity contribution < 1.29 is 9.18 Å². The van der Waals surface area contributed by atoms with Crippen molar-refractivity contribution in [3.8, 4) is 0 Å². The van der Waals surface area contributed by atoms with E-state index in [1.165, 1.54) is 6.07 Å². The van der Waals surface area contributed by atoms with Crippen molar-refractivity contribution in [1.29, 1.82) is 0 Å². The van der Waals surface area contributed by atoms with Gasteiger partial charge >= 0.3 is 0 Å². The molecule has 1 amide bonds. The van der Waals surface area contributed by atoms with Crippen LogP contribution in [0.3, 0.4) is 0 Å². The molecule has 0 bridgehead atoms. The zero-order valence-corrected chi connectivity index (χ0v) is 17.5. The van der Waals surface area contributed by atoms with Gasteiger partial charge < -0.3 is 19.9 Å². The Labute approximate surface area is 178 Å². The van der Waals surface area contributed by atoms with Crippen LogP contribution in [-0.4, -0.2) is 50.9 Å². The molecule has 5 rings (SSSR count). The molecule has 1 fully saturated rings. The normalized spacial score (nSPS) is 14.5. The first-order chi connectivity index (χ1) is 15.0. The number of anilines is 2. The highest BCUT2D eigenvalue weighted by Crippen LogP contribution is 2.24. The summed E-state index contributed by atoms with van der Waals surface area (Å²) >= 11 is 0. The molecule has 0 atom stereocenters. The van der Waals surface area contributed by atoms with Gasteiger partial charge in [-0.05, 0) is 25.5 Å². The maximum Gasteiger partial charge on any atom is 0.259 e. The number of hydrogen-bond acceptors (Lipinski definition) is 5. The summed E-state index contributed by atoms with van der Waals surface area (Å²) in [5.41, 5.74) is 3.26. The number of carbonyl (C=O) groups excluding carboxylic acids is 1. The van der Waals surface area contributed by atoms with Crippen molar-refractivity contribution >= 4 is 28.7 Å². The van der Waals surface area contributed by atoms with Crippen LogP contribution in [0.5, 0.6) is 0 Å². The molecule has 2 N–H and O–H groups in total. The van der Waals surface area contributed by atoms with Gasteiger partial charge in [-0.3, -0.25) is 9.20 Å². The fourth-order valence-corrected chi connectivity index (χ4v) is 4.05. The van der Waals surface area contributed by atoms with Crippen LogP contribution in [0.1, 0.15) is 28.7 Å². The molecule has 1 aliphatic heterocycles. The number of carbonyl (C=O) groups is 1. The lowest BCUT2D eigenvalue weighted by molar-refractivity contribution is 0.102. The fourth-order valence-electron chi connectivity index (χ4n) is 4.05. The molecule has 1 saturated heterocycles. The zero-order valence-electron chi connectivity index (χ0n) is 17.5. The summed E-state index contributed by atoms with van der Waals surface area (Å²) in [5.74, 6) is 0.196. The predicted molar refractivity (Wildman–Crippen MR) is 117 cm³/mol. The fraction of sp³-hybridized carbons (Fsp3) is 0.318. The summed E-state index contributed by atoms with van der Waals surface area (Å²) in [6.45, 7) is 7.46. The minimum Gasteiger partial charge on any atom is -0.355 e. The summed E-state index contributed by atoms with van der Waals surface area (Å²) in [5, 5.41) is 6.17. The highest BCUT2D eigenvalue weighted by molar-refractivity contribution is 6.08. The number of nitrogens with one attached hydrogen (secondary N) is 2. The second-order valence-electron chi connectivity index (χ2n) is 7.77. The van der Waals surface area contributed by atoms with Gasteiger partial charge in [-0.2, -0.15) is 0 Å².